The summed E-state index contributed by atoms with van der Waals surface area (Å²) in [5.74, 6) is -3.43. The number of hydrogen-bond donors (Lipinski definition) is 1. The maximum Gasteiger partial charge on any atom is 0.194 e. The van der Waals surface area contributed by atoms with Crippen LogP contribution in [0.25, 0.3) is 0 Å². The van der Waals surface area contributed by atoms with E-state index in [1.165, 1.54) is 0 Å². The lowest BCUT2D eigenvalue weighted by molar-refractivity contribution is 0.447. The minimum absolute atomic E-state index is 0.0100. The summed E-state index contributed by atoms with van der Waals surface area (Å²) in [4.78, 5) is 3.83. The third-order valence-corrected chi connectivity index (χ3v) is 2.22. The molecule has 1 aliphatic carbocycles. The van der Waals surface area contributed by atoms with E-state index in [0.717, 1.165) is 25.0 Å². The van der Waals surface area contributed by atoms with Gasteiger partial charge in [-0.05, 0) is 12.8 Å². The van der Waals surface area contributed by atoms with Crippen molar-refractivity contribution < 1.29 is 13.2 Å². The van der Waals surface area contributed by atoms with Crippen LogP contribution in [-0.2, 0) is 0 Å². The van der Waals surface area contributed by atoms with Crippen LogP contribution in [-0.4, -0.2) is 5.84 Å². The molecule has 2 rings (SSSR count). The van der Waals surface area contributed by atoms with E-state index in [9.17, 15) is 13.2 Å². The van der Waals surface area contributed by atoms with Crippen molar-refractivity contribution in [3.8, 4) is 0 Å². The lowest BCUT2D eigenvalue weighted by atomic mass is 10.3. The van der Waals surface area contributed by atoms with E-state index in [-0.39, 0.29) is 11.6 Å². The summed E-state index contributed by atoms with van der Waals surface area (Å²) in [5, 5.41) is 0. The Labute approximate surface area is 84.6 Å². The van der Waals surface area contributed by atoms with Gasteiger partial charge in [0, 0.05) is 18.1 Å². The highest BCUT2D eigenvalue weighted by Gasteiger charge is 2.25. The molecular formula is C10H9F3N2. The van der Waals surface area contributed by atoms with Crippen LogP contribution < -0.4 is 5.73 Å². The second-order valence-corrected chi connectivity index (χ2v) is 3.53. The molecule has 0 saturated heterocycles. The highest BCUT2D eigenvalue weighted by molar-refractivity contribution is 5.87. The van der Waals surface area contributed by atoms with Gasteiger partial charge in [-0.1, -0.05) is 0 Å². The van der Waals surface area contributed by atoms with Gasteiger partial charge in [-0.15, -0.1) is 0 Å². The van der Waals surface area contributed by atoms with Crippen LogP contribution in [0.2, 0.25) is 0 Å². The monoisotopic (exact) mass is 214 g/mol. The fourth-order valence-electron chi connectivity index (χ4n) is 1.23. The molecule has 1 aromatic rings. The Kier molecular flexibility index (Phi) is 2.38. The highest BCUT2D eigenvalue weighted by atomic mass is 19.2. The van der Waals surface area contributed by atoms with E-state index in [0.29, 0.717) is 5.84 Å². The highest BCUT2D eigenvalue weighted by Crippen LogP contribution is 2.30. The Morgan fingerprint density at radius 3 is 2.20 bits per heavy atom. The van der Waals surface area contributed by atoms with Crippen LogP contribution in [0.5, 0.6) is 0 Å². The van der Waals surface area contributed by atoms with Gasteiger partial charge in [0.1, 0.15) is 5.84 Å². The van der Waals surface area contributed by atoms with Crippen molar-refractivity contribution in [1.82, 2.24) is 0 Å². The molecule has 1 aliphatic rings. The van der Waals surface area contributed by atoms with Gasteiger partial charge in [0.2, 0.25) is 0 Å². The molecule has 1 aromatic carbocycles. The minimum Gasteiger partial charge on any atom is -0.387 e. The first-order chi connectivity index (χ1) is 7.08. The predicted molar refractivity (Wildman–Crippen MR) is 50.3 cm³/mol. The molecule has 0 unspecified atom stereocenters. The lowest BCUT2D eigenvalue weighted by Gasteiger charge is -2.00. The SMILES string of the molecule is NC(=Nc1cc(F)c(F)c(F)c1)C1CC1. The van der Waals surface area contributed by atoms with E-state index in [2.05, 4.69) is 4.99 Å². The first-order valence-electron chi connectivity index (χ1n) is 4.56. The molecule has 15 heavy (non-hydrogen) atoms. The van der Waals surface area contributed by atoms with Crippen LogP contribution in [0.4, 0.5) is 18.9 Å². The zero-order chi connectivity index (χ0) is 11.0. The summed E-state index contributed by atoms with van der Waals surface area (Å²) in [6.07, 6.45) is 1.89. The van der Waals surface area contributed by atoms with Crippen molar-refractivity contribution in [2.24, 2.45) is 16.6 Å². The van der Waals surface area contributed by atoms with E-state index in [1.54, 1.807) is 0 Å². The van der Waals surface area contributed by atoms with Crippen molar-refractivity contribution in [3.63, 3.8) is 0 Å². The molecule has 1 fully saturated rings. The number of nitrogens with zero attached hydrogens (tertiary/aromatic N) is 1. The molecule has 0 atom stereocenters. The number of aliphatic imine (C=N–C) groups is 1. The predicted octanol–water partition coefficient (Wildman–Crippen LogP) is 2.50. The van der Waals surface area contributed by atoms with Crippen molar-refractivity contribution in [3.05, 3.63) is 29.6 Å². The number of benzene rings is 1. The van der Waals surface area contributed by atoms with Crippen LogP contribution in [0.15, 0.2) is 17.1 Å². The first kappa shape index (κ1) is 10.0. The molecule has 80 valence electrons. The van der Waals surface area contributed by atoms with E-state index in [4.69, 9.17) is 5.73 Å². The molecular weight excluding hydrogens is 205 g/mol. The van der Waals surface area contributed by atoms with Crippen molar-refractivity contribution >= 4 is 11.5 Å². The van der Waals surface area contributed by atoms with Crippen molar-refractivity contribution in [1.29, 1.82) is 0 Å². The number of rotatable bonds is 2. The summed E-state index contributed by atoms with van der Waals surface area (Å²) in [6.45, 7) is 0. The molecule has 1 saturated carbocycles. The second kappa shape index (κ2) is 3.56. The van der Waals surface area contributed by atoms with Crippen LogP contribution in [0, 0.1) is 23.4 Å². The molecule has 0 aromatic heterocycles. The maximum absolute atomic E-state index is 12.8. The maximum atomic E-state index is 12.8. The number of amidine groups is 1. The molecule has 5 heteroatoms. The van der Waals surface area contributed by atoms with Crippen LogP contribution >= 0.6 is 0 Å². The average molecular weight is 214 g/mol. The zero-order valence-electron chi connectivity index (χ0n) is 7.80. The Balaban J connectivity index is 2.32. The quantitative estimate of drug-likeness (QED) is 0.458. The molecule has 0 amide bonds. The molecule has 0 spiro atoms. The molecule has 0 aliphatic heterocycles. The third kappa shape index (κ3) is 2.11. The normalized spacial score (nSPS) is 16.9. The Bertz CT molecular complexity index is 402. The number of nitrogens with two attached hydrogens (primary N) is 1. The standard InChI is InChI=1S/C10H9F3N2/c11-7-3-6(4-8(12)9(7)13)15-10(14)5-1-2-5/h3-5H,1-2H2,(H2,14,15). The van der Waals surface area contributed by atoms with Gasteiger partial charge in [-0.3, -0.25) is 0 Å². The lowest BCUT2D eigenvalue weighted by Crippen LogP contribution is -2.13. The Morgan fingerprint density at radius 1 is 1.20 bits per heavy atom. The summed E-state index contributed by atoms with van der Waals surface area (Å²) in [6, 6.07) is 1.65. The van der Waals surface area contributed by atoms with Gasteiger partial charge < -0.3 is 5.73 Å². The number of hydrogen-bond acceptors (Lipinski definition) is 1. The molecule has 2 N–H and O–H groups in total. The minimum atomic E-state index is -1.49. The van der Waals surface area contributed by atoms with Crippen LogP contribution in [0.1, 0.15) is 12.8 Å². The van der Waals surface area contributed by atoms with E-state index >= 15 is 0 Å². The molecule has 2 nitrogen and oxygen atoms in total. The van der Waals surface area contributed by atoms with Gasteiger partial charge in [-0.25, -0.2) is 18.2 Å². The van der Waals surface area contributed by atoms with Gasteiger partial charge in [-0.2, -0.15) is 0 Å². The summed E-state index contributed by atoms with van der Waals surface area (Å²) < 4.78 is 38.2. The topological polar surface area (TPSA) is 38.4 Å². The van der Waals surface area contributed by atoms with Gasteiger partial charge in [0.05, 0.1) is 5.69 Å². The summed E-state index contributed by atoms with van der Waals surface area (Å²) >= 11 is 0. The van der Waals surface area contributed by atoms with Gasteiger partial charge in [0.25, 0.3) is 0 Å². The Hall–Kier alpha value is -1.52. The fourth-order valence-corrected chi connectivity index (χ4v) is 1.23. The zero-order valence-corrected chi connectivity index (χ0v) is 7.80. The van der Waals surface area contributed by atoms with E-state index < -0.39 is 17.5 Å². The summed E-state index contributed by atoms with van der Waals surface area (Å²) in [5.41, 5.74) is 5.57. The average Bonchev–Trinajstić information content (AvgIpc) is 2.96. The van der Waals surface area contributed by atoms with Crippen molar-refractivity contribution in [2.75, 3.05) is 0 Å². The van der Waals surface area contributed by atoms with Gasteiger partial charge >= 0.3 is 0 Å². The Morgan fingerprint density at radius 2 is 1.73 bits per heavy atom. The molecule has 0 radical (unpaired) electrons. The largest absolute Gasteiger partial charge is 0.387 e. The van der Waals surface area contributed by atoms with Gasteiger partial charge in [0.15, 0.2) is 17.5 Å². The van der Waals surface area contributed by atoms with E-state index in [1.807, 2.05) is 0 Å². The molecule has 0 bridgehead atoms. The summed E-state index contributed by atoms with van der Waals surface area (Å²) in [7, 11) is 0. The van der Waals surface area contributed by atoms with Crippen molar-refractivity contribution in [2.45, 2.75) is 12.8 Å². The van der Waals surface area contributed by atoms with Crippen LogP contribution in [0.3, 0.4) is 0 Å². The number of halogens is 3. The third-order valence-electron chi connectivity index (χ3n) is 2.22. The first-order valence-corrected chi connectivity index (χ1v) is 4.56. The molecule has 0 heterocycles. The second-order valence-electron chi connectivity index (χ2n) is 3.53. The fraction of sp³-hybridized carbons (Fsp3) is 0.300. The smallest absolute Gasteiger partial charge is 0.194 e.